The van der Waals surface area contributed by atoms with Gasteiger partial charge in [-0.1, -0.05) is 19.4 Å². The maximum atomic E-state index is 4.42. The van der Waals surface area contributed by atoms with E-state index in [0.717, 1.165) is 12.4 Å². The van der Waals surface area contributed by atoms with Crippen molar-refractivity contribution in [3.8, 4) is 0 Å². The Morgan fingerprint density at radius 1 is 1.30 bits per heavy atom. The molecule has 0 bridgehead atoms. The number of likely N-dealkylation sites (N-methyl/N-ethyl adjacent to an activating group) is 1. The number of unbranched alkanes of at least 4 members (excludes halogenated alkanes) is 1. The van der Waals surface area contributed by atoms with Crippen molar-refractivity contribution < 1.29 is 9.80 Å². The van der Waals surface area contributed by atoms with Crippen LogP contribution in [0, 0.1) is 0 Å². The number of quaternary nitrogens is 2. The van der Waals surface area contributed by atoms with Gasteiger partial charge in [-0.2, -0.15) is 0 Å². The second-order valence-corrected chi connectivity index (χ2v) is 7.62. The maximum absolute atomic E-state index is 4.42. The van der Waals surface area contributed by atoms with Gasteiger partial charge >= 0.3 is 0 Å². The van der Waals surface area contributed by atoms with Gasteiger partial charge in [0.05, 0.1) is 13.6 Å². The number of aromatic nitrogens is 4. The largest absolute Gasteiger partial charge is 0.328 e. The Morgan fingerprint density at radius 2 is 2.13 bits per heavy atom. The van der Waals surface area contributed by atoms with Crippen LogP contribution in [-0.4, -0.2) is 53.4 Å². The average Bonchev–Trinajstić information content (AvgIpc) is 3.22. The predicted molar refractivity (Wildman–Crippen MR) is 90.8 cm³/mol. The molecule has 1 fully saturated rings. The van der Waals surface area contributed by atoms with E-state index in [1.807, 2.05) is 4.68 Å². The molecule has 0 saturated carbocycles. The Hall–Kier alpha value is -1.31. The summed E-state index contributed by atoms with van der Waals surface area (Å²) in [5.41, 5.74) is 0. The molecule has 3 rings (SSSR count). The SMILES string of the molecule is CCCC[C@H](c1nnnn1Cc1cccs1)[NH+]1CC[NH+](C)CC1. The van der Waals surface area contributed by atoms with Gasteiger partial charge in [0, 0.05) is 11.3 Å². The number of tetrazole rings is 1. The molecule has 7 heteroatoms. The van der Waals surface area contributed by atoms with Crippen molar-refractivity contribution >= 4 is 11.3 Å². The molecule has 23 heavy (non-hydrogen) atoms. The highest BCUT2D eigenvalue weighted by atomic mass is 32.1. The van der Waals surface area contributed by atoms with Crippen LogP contribution >= 0.6 is 11.3 Å². The van der Waals surface area contributed by atoms with Gasteiger partial charge in [-0.3, -0.25) is 0 Å². The van der Waals surface area contributed by atoms with Crippen LogP contribution in [0.2, 0.25) is 0 Å². The first-order valence-corrected chi connectivity index (χ1v) is 9.60. The second-order valence-electron chi connectivity index (χ2n) is 6.58. The van der Waals surface area contributed by atoms with Gasteiger partial charge in [-0.05, 0) is 28.3 Å². The Morgan fingerprint density at radius 3 is 2.83 bits per heavy atom. The summed E-state index contributed by atoms with van der Waals surface area (Å²) in [4.78, 5) is 4.61. The first kappa shape index (κ1) is 16.5. The molecule has 6 nitrogen and oxygen atoms in total. The molecule has 2 N–H and O–H groups in total. The summed E-state index contributed by atoms with van der Waals surface area (Å²) < 4.78 is 2.02. The van der Waals surface area contributed by atoms with Gasteiger partial charge in [0.1, 0.15) is 32.2 Å². The van der Waals surface area contributed by atoms with E-state index in [9.17, 15) is 0 Å². The first-order valence-electron chi connectivity index (χ1n) is 8.72. The van der Waals surface area contributed by atoms with Crippen LogP contribution in [0.25, 0.3) is 0 Å². The van der Waals surface area contributed by atoms with Crippen molar-refractivity contribution in [3.05, 3.63) is 28.2 Å². The number of rotatable bonds is 7. The summed E-state index contributed by atoms with van der Waals surface area (Å²) in [6.45, 7) is 7.96. The van der Waals surface area contributed by atoms with Gasteiger partial charge in [0.2, 0.25) is 5.82 Å². The van der Waals surface area contributed by atoms with Gasteiger partial charge in [0.25, 0.3) is 0 Å². The molecule has 1 aliphatic heterocycles. The molecule has 2 aromatic heterocycles. The smallest absolute Gasteiger partial charge is 0.209 e. The number of thiophene rings is 1. The normalized spacial score (nSPS) is 23.0. The summed E-state index contributed by atoms with van der Waals surface area (Å²) in [5.74, 6) is 1.07. The minimum absolute atomic E-state index is 0.429. The molecular formula is C16H28N6S+2. The Bertz CT molecular complexity index is 573. The maximum Gasteiger partial charge on any atom is 0.209 e. The monoisotopic (exact) mass is 336 g/mol. The minimum Gasteiger partial charge on any atom is -0.328 e. The van der Waals surface area contributed by atoms with Gasteiger partial charge in [0.15, 0.2) is 0 Å². The van der Waals surface area contributed by atoms with Crippen LogP contribution in [0.15, 0.2) is 17.5 Å². The van der Waals surface area contributed by atoms with Crippen molar-refractivity contribution in [2.24, 2.45) is 0 Å². The third-order valence-electron chi connectivity index (χ3n) is 4.84. The zero-order valence-electron chi connectivity index (χ0n) is 14.2. The quantitative estimate of drug-likeness (QED) is 0.712. The van der Waals surface area contributed by atoms with E-state index in [1.54, 1.807) is 21.1 Å². The summed E-state index contributed by atoms with van der Waals surface area (Å²) >= 11 is 1.77. The van der Waals surface area contributed by atoms with Crippen LogP contribution in [0.3, 0.4) is 0 Å². The third kappa shape index (κ3) is 4.16. The first-order chi connectivity index (χ1) is 11.3. The van der Waals surface area contributed by atoms with Crippen molar-refractivity contribution in [2.45, 2.75) is 38.8 Å². The predicted octanol–water partition coefficient (Wildman–Crippen LogP) is -0.573. The zero-order chi connectivity index (χ0) is 16.1. The molecule has 1 atom stereocenters. The van der Waals surface area contributed by atoms with E-state index >= 15 is 0 Å². The van der Waals surface area contributed by atoms with Gasteiger partial charge < -0.3 is 9.80 Å². The molecule has 0 spiro atoms. The van der Waals surface area contributed by atoms with Crippen molar-refractivity contribution in [1.82, 2.24) is 20.2 Å². The van der Waals surface area contributed by atoms with Crippen LogP contribution in [0.5, 0.6) is 0 Å². The molecule has 1 saturated heterocycles. The Balaban J connectivity index is 1.77. The number of nitrogens with zero attached hydrogens (tertiary/aromatic N) is 4. The topological polar surface area (TPSA) is 52.5 Å². The fourth-order valence-corrected chi connectivity index (χ4v) is 4.08. The van der Waals surface area contributed by atoms with Crippen molar-refractivity contribution in [1.29, 1.82) is 0 Å². The molecule has 0 radical (unpaired) electrons. The van der Waals surface area contributed by atoms with Gasteiger partial charge in [-0.25, -0.2) is 4.68 Å². The zero-order valence-corrected chi connectivity index (χ0v) is 15.0. The van der Waals surface area contributed by atoms with E-state index < -0.39 is 0 Å². The molecule has 2 aromatic rings. The lowest BCUT2D eigenvalue weighted by Gasteiger charge is -2.32. The number of hydrogen-bond acceptors (Lipinski definition) is 4. The lowest BCUT2D eigenvalue weighted by molar-refractivity contribution is -1.02. The number of piperazine rings is 1. The molecule has 1 aliphatic rings. The molecule has 126 valence electrons. The van der Waals surface area contributed by atoms with E-state index in [1.165, 1.54) is 50.3 Å². The van der Waals surface area contributed by atoms with Gasteiger partial charge in [-0.15, -0.1) is 16.4 Å². The Labute approximate surface area is 142 Å². The van der Waals surface area contributed by atoms with E-state index in [2.05, 4.69) is 47.0 Å². The average molecular weight is 337 g/mol. The highest BCUT2D eigenvalue weighted by molar-refractivity contribution is 7.09. The van der Waals surface area contributed by atoms with E-state index in [4.69, 9.17) is 0 Å². The number of hydrogen-bond donors (Lipinski definition) is 2. The highest BCUT2D eigenvalue weighted by Gasteiger charge is 2.32. The lowest BCUT2D eigenvalue weighted by Crippen LogP contribution is -3.27. The lowest BCUT2D eigenvalue weighted by atomic mass is 10.1. The Kier molecular flexibility index (Phi) is 5.75. The van der Waals surface area contributed by atoms with Crippen LogP contribution in [0.4, 0.5) is 0 Å². The number of nitrogens with one attached hydrogen (secondary N) is 2. The fourth-order valence-electron chi connectivity index (χ4n) is 3.39. The van der Waals surface area contributed by atoms with Crippen LogP contribution in [0.1, 0.15) is 42.9 Å². The second kappa shape index (κ2) is 7.99. The summed E-state index contributed by atoms with van der Waals surface area (Å²) in [6.07, 6.45) is 3.64. The molecular weight excluding hydrogens is 308 g/mol. The van der Waals surface area contributed by atoms with Crippen LogP contribution in [-0.2, 0) is 6.54 Å². The standard InChI is InChI=1S/C16H26N6S/c1-3-4-7-15(21-10-8-20(2)9-11-21)16-17-18-19-22(16)13-14-6-5-12-23-14/h5-6,12,15H,3-4,7-11,13H2,1-2H3/p+2/t15-/m1/s1. The molecule has 3 heterocycles. The summed E-state index contributed by atoms with van der Waals surface area (Å²) in [6, 6.07) is 4.68. The van der Waals surface area contributed by atoms with Crippen molar-refractivity contribution in [3.63, 3.8) is 0 Å². The van der Waals surface area contributed by atoms with E-state index in [-0.39, 0.29) is 0 Å². The van der Waals surface area contributed by atoms with Crippen LogP contribution < -0.4 is 9.80 Å². The minimum atomic E-state index is 0.429. The molecule has 0 amide bonds. The molecule has 0 aromatic carbocycles. The molecule has 0 aliphatic carbocycles. The molecule has 0 unspecified atom stereocenters. The fraction of sp³-hybridized carbons (Fsp3) is 0.688. The third-order valence-corrected chi connectivity index (χ3v) is 5.70. The highest BCUT2D eigenvalue weighted by Crippen LogP contribution is 2.16. The van der Waals surface area contributed by atoms with E-state index in [0.29, 0.717) is 6.04 Å². The van der Waals surface area contributed by atoms with Crippen molar-refractivity contribution in [2.75, 3.05) is 33.2 Å². The summed E-state index contributed by atoms with van der Waals surface area (Å²) in [7, 11) is 2.29. The summed E-state index contributed by atoms with van der Waals surface area (Å²) in [5, 5.41) is 14.8.